The third-order valence-electron chi connectivity index (χ3n) is 4.79. The highest BCUT2D eigenvalue weighted by Crippen LogP contribution is 2.28. The molecular weight excluding hydrogens is 328 g/mol. The average Bonchev–Trinajstić information content (AvgIpc) is 3.01. The number of anilines is 1. The number of carbonyl (C=O) groups excluding carboxylic acids is 1. The van der Waals surface area contributed by atoms with Crippen LogP contribution in [0.25, 0.3) is 0 Å². The van der Waals surface area contributed by atoms with E-state index < -0.39 is 0 Å². The Morgan fingerprint density at radius 1 is 1.14 bits per heavy atom. The first kappa shape index (κ1) is 15.0. The molecule has 0 N–H and O–H groups in total. The van der Waals surface area contributed by atoms with Gasteiger partial charge in [-0.05, 0) is 62.9 Å². The van der Waals surface area contributed by atoms with E-state index in [1.54, 1.807) is 0 Å². The lowest BCUT2D eigenvalue weighted by Gasteiger charge is -2.35. The summed E-state index contributed by atoms with van der Waals surface area (Å²) in [5.41, 5.74) is 1.88. The summed E-state index contributed by atoms with van der Waals surface area (Å²) in [4.78, 5) is 16.3. The molecule has 0 radical (unpaired) electrons. The SMILES string of the molecule is O=Cc1cc(Br)ccc1N1CCC(CN2CCCC2)CC1. The standard InChI is InChI=1S/C17H23BrN2O/c18-16-3-4-17(15(11-16)13-21)20-9-5-14(6-10-20)12-19-7-1-2-8-19/h3-4,11,13-14H,1-2,5-10,12H2. The van der Waals surface area contributed by atoms with Crippen molar-refractivity contribution in [2.75, 3.05) is 37.6 Å². The van der Waals surface area contributed by atoms with E-state index in [1.165, 1.54) is 45.3 Å². The van der Waals surface area contributed by atoms with Gasteiger partial charge in [0, 0.05) is 35.4 Å². The monoisotopic (exact) mass is 350 g/mol. The molecule has 0 atom stereocenters. The molecule has 1 aromatic carbocycles. The van der Waals surface area contributed by atoms with Gasteiger partial charge in [0.15, 0.2) is 6.29 Å². The number of likely N-dealkylation sites (tertiary alicyclic amines) is 1. The van der Waals surface area contributed by atoms with Crippen LogP contribution in [0.4, 0.5) is 5.69 Å². The van der Waals surface area contributed by atoms with Gasteiger partial charge in [-0.1, -0.05) is 15.9 Å². The summed E-state index contributed by atoms with van der Waals surface area (Å²) in [5, 5.41) is 0. The Kier molecular flexibility index (Phi) is 4.96. The maximum absolute atomic E-state index is 11.3. The average molecular weight is 351 g/mol. The van der Waals surface area contributed by atoms with Crippen molar-refractivity contribution in [3.05, 3.63) is 28.2 Å². The second-order valence-corrected chi connectivity index (χ2v) is 7.17. The number of piperidine rings is 1. The highest BCUT2D eigenvalue weighted by atomic mass is 79.9. The van der Waals surface area contributed by atoms with E-state index in [1.807, 2.05) is 12.1 Å². The Morgan fingerprint density at radius 3 is 2.52 bits per heavy atom. The van der Waals surface area contributed by atoms with E-state index in [0.717, 1.165) is 41.0 Å². The van der Waals surface area contributed by atoms with E-state index in [-0.39, 0.29) is 0 Å². The fourth-order valence-electron chi connectivity index (χ4n) is 3.59. The van der Waals surface area contributed by atoms with Gasteiger partial charge in [0.1, 0.15) is 0 Å². The predicted octanol–water partition coefficient (Wildman–Crippen LogP) is 3.57. The van der Waals surface area contributed by atoms with Crippen molar-refractivity contribution in [1.82, 2.24) is 4.90 Å². The molecule has 0 aromatic heterocycles. The van der Waals surface area contributed by atoms with Crippen LogP contribution in [0, 0.1) is 5.92 Å². The van der Waals surface area contributed by atoms with Crippen molar-refractivity contribution >= 4 is 27.9 Å². The van der Waals surface area contributed by atoms with E-state index in [9.17, 15) is 4.79 Å². The number of aldehydes is 1. The highest BCUT2D eigenvalue weighted by Gasteiger charge is 2.23. The van der Waals surface area contributed by atoms with Gasteiger partial charge in [-0.3, -0.25) is 4.79 Å². The largest absolute Gasteiger partial charge is 0.371 e. The first-order chi connectivity index (χ1) is 10.3. The number of benzene rings is 1. The summed E-state index contributed by atoms with van der Waals surface area (Å²) in [5.74, 6) is 0.828. The van der Waals surface area contributed by atoms with Gasteiger partial charge in [0.05, 0.1) is 0 Å². The molecule has 21 heavy (non-hydrogen) atoms. The van der Waals surface area contributed by atoms with E-state index in [4.69, 9.17) is 0 Å². The maximum atomic E-state index is 11.3. The molecule has 2 aliphatic rings. The lowest BCUT2D eigenvalue weighted by atomic mass is 9.95. The molecule has 2 saturated heterocycles. The van der Waals surface area contributed by atoms with Gasteiger partial charge < -0.3 is 9.80 Å². The molecular formula is C17H23BrN2O. The van der Waals surface area contributed by atoms with Gasteiger partial charge in [-0.25, -0.2) is 0 Å². The Morgan fingerprint density at radius 2 is 1.86 bits per heavy atom. The smallest absolute Gasteiger partial charge is 0.152 e. The molecule has 4 heteroatoms. The molecule has 2 heterocycles. The summed E-state index contributed by atoms with van der Waals surface area (Å²) >= 11 is 3.44. The summed E-state index contributed by atoms with van der Waals surface area (Å²) in [6.07, 6.45) is 6.20. The lowest BCUT2D eigenvalue weighted by Crippen LogP contribution is -2.38. The Hall–Kier alpha value is -0.870. The van der Waals surface area contributed by atoms with Crippen molar-refractivity contribution in [3.63, 3.8) is 0 Å². The van der Waals surface area contributed by atoms with Gasteiger partial charge in [0.2, 0.25) is 0 Å². The van der Waals surface area contributed by atoms with Crippen LogP contribution in [-0.4, -0.2) is 43.9 Å². The molecule has 3 nitrogen and oxygen atoms in total. The lowest BCUT2D eigenvalue weighted by molar-refractivity contribution is 0.112. The summed E-state index contributed by atoms with van der Waals surface area (Å²) in [7, 11) is 0. The van der Waals surface area contributed by atoms with Crippen LogP contribution in [0.2, 0.25) is 0 Å². The number of hydrogen-bond donors (Lipinski definition) is 0. The van der Waals surface area contributed by atoms with Gasteiger partial charge in [-0.15, -0.1) is 0 Å². The molecule has 0 saturated carbocycles. The van der Waals surface area contributed by atoms with Gasteiger partial charge in [-0.2, -0.15) is 0 Å². The number of nitrogens with zero attached hydrogens (tertiary/aromatic N) is 2. The molecule has 0 amide bonds. The van der Waals surface area contributed by atoms with Crippen molar-refractivity contribution in [2.24, 2.45) is 5.92 Å². The van der Waals surface area contributed by atoms with Crippen LogP contribution in [0.15, 0.2) is 22.7 Å². The zero-order valence-corrected chi connectivity index (χ0v) is 14.0. The Balaban J connectivity index is 1.59. The minimum atomic E-state index is 0.794. The van der Waals surface area contributed by atoms with Crippen molar-refractivity contribution in [3.8, 4) is 0 Å². The van der Waals surface area contributed by atoms with E-state index >= 15 is 0 Å². The molecule has 2 fully saturated rings. The van der Waals surface area contributed by atoms with Crippen LogP contribution >= 0.6 is 15.9 Å². The second kappa shape index (κ2) is 6.93. The fourth-order valence-corrected chi connectivity index (χ4v) is 3.97. The van der Waals surface area contributed by atoms with Crippen molar-refractivity contribution in [2.45, 2.75) is 25.7 Å². The number of carbonyl (C=O) groups is 1. The number of hydrogen-bond acceptors (Lipinski definition) is 3. The van der Waals surface area contributed by atoms with Crippen LogP contribution in [0.1, 0.15) is 36.0 Å². The van der Waals surface area contributed by atoms with Gasteiger partial charge >= 0.3 is 0 Å². The summed E-state index contributed by atoms with van der Waals surface area (Å²) in [6.45, 7) is 6.00. The third-order valence-corrected chi connectivity index (χ3v) is 5.28. The zero-order chi connectivity index (χ0) is 14.7. The summed E-state index contributed by atoms with van der Waals surface area (Å²) in [6, 6.07) is 6.01. The highest BCUT2D eigenvalue weighted by molar-refractivity contribution is 9.10. The minimum Gasteiger partial charge on any atom is -0.371 e. The van der Waals surface area contributed by atoms with Crippen molar-refractivity contribution in [1.29, 1.82) is 0 Å². The predicted molar refractivity (Wildman–Crippen MR) is 90.1 cm³/mol. The number of halogens is 1. The Labute approximate surface area is 135 Å². The topological polar surface area (TPSA) is 23.6 Å². The quantitative estimate of drug-likeness (QED) is 0.775. The molecule has 0 bridgehead atoms. The second-order valence-electron chi connectivity index (χ2n) is 6.26. The van der Waals surface area contributed by atoms with Crippen molar-refractivity contribution < 1.29 is 4.79 Å². The fraction of sp³-hybridized carbons (Fsp3) is 0.588. The molecule has 2 aliphatic heterocycles. The molecule has 1 aromatic rings. The first-order valence-corrected chi connectivity index (χ1v) is 8.77. The van der Waals surface area contributed by atoms with E-state index in [2.05, 4.69) is 31.8 Å². The van der Waals surface area contributed by atoms with Gasteiger partial charge in [0.25, 0.3) is 0 Å². The van der Waals surface area contributed by atoms with Crippen LogP contribution in [0.5, 0.6) is 0 Å². The van der Waals surface area contributed by atoms with E-state index in [0.29, 0.717) is 0 Å². The normalized spacial score (nSPS) is 20.9. The number of rotatable bonds is 4. The van der Waals surface area contributed by atoms with Crippen LogP contribution in [-0.2, 0) is 0 Å². The van der Waals surface area contributed by atoms with Crippen LogP contribution < -0.4 is 4.90 Å². The molecule has 0 spiro atoms. The molecule has 3 rings (SSSR count). The zero-order valence-electron chi connectivity index (χ0n) is 12.4. The first-order valence-electron chi connectivity index (χ1n) is 7.98. The molecule has 0 aliphatic carbocycles. The molecule has 0 unspecified atom stereocenters. The Bertz CT molecular complexity index is 492. The maximum Gasteiger partial charge on any atom is 0.152 e. The minimum absolute atomic E-state index is 0.794. The van der Waals surface area contributed by atoms with Crippen LogP contribution in [0.3, 0.4) is 0 Å². The molecule has 114 valence electrons. The summed E-state index contributed by atoms with van der Waals surface area (Å²) < 4.78 is 0.970. The third kappa shape index (κ3) is 3.67.